The Kier molecular flexibility index (Phi) is 9.94. The van der Waals surface area contributed by atoms with Crippen LogP contribution < -0.4 is 25.4 Å². The summed E-state index contributed by atoms with van der Waals surface area (Å²) in [5.41, 5.74) is 6.80. The first-order valence-electron chi connectivity index (χ1n) is 14.3. The lowest BCUT2D eigenvalue weighted by molar-refractivity contribution is -0.274. The van der Waals surface area contributed by atoms with Crippen molar-refractivity contribution in [1.29, 1.82) is 0 Å². The van der Waals surface area contributed by atoms with Gasteiger partial charge in [0.05, 0.1) is 22.8 Å². The smallest absolute Gasteiger partial charge is 0.406 e. The maximum absolute atomic E-state index is 15.1. The third-order valence-corrected chi connectivity index (χ3v) is 7.94. The number of alkyl halides is 3. The number of anilines is 3. The second-order valence-corrected chi connectivity index (χ2v) is 11.6. The third kappa shape index (κ3) is 8.02. The number of halogens is 4. The zero-order valence-corrected chi connectivity index (χ0v) is 26.0. The van der Waals surface area contributed by atoms with E-state index in [2.05, 4.69) is 25.5 Å². The van der Waals surface area contributed by atoms with Crippen molar-refractivity contribution in [3.8, 4) is 5.75 Å². The van der Waals surface area contributed by atoms with Crippen LogP contribution in [0, 0.1) is 12.7 Å². The van der Waals surface area contributed by atoms with Crippen LogP contribution in [0.1, 0.15) is 30.0 Å². The van der Waals surface area contributed by atoms with Gasteiger partial charge >= 0.3 is 12.4 Å². The number of hydrazine groups is 1. The fourth-order valence-electron chi connectivity index (χ4n) is 4.89. The predicted octanol–water partition coefficient (Wildman–Crippen LogP) is 6.42. The summed E-state index contributed by atoms with van der Waals surface area (Å²) < 4.78 is 56.3. The minimum atomic E-state index is -4.78. The van der Waals surface area contributed by atoms with Crippen LogP contribution in [0.4, 0.5) is 39.4 Å². The number of carbonyl (C=O) groups is 2. The highest BCUT2D eigenvalue weighted by Crippen LogP contribution is 2.32. The molecule has 1 atom stereocenters. The van der Waals surface area contributed by atoms with Gasteiger partial charge in [-0.25, -0.2) is 14.2 Å². The van der Waals surface area contributed by atoms with E-state index in [1.165, 1.54) is 47.6 Å². The molecule has 0 radical (unpaired) electrons. The molecular formula is C31H31F4N7O3S. The molecule has 3 aromatic carbocycles. The molecule has 46 heavy (non-hydrogen) atoms. The van der Waals surface area contributed by atoms with Crippen molar-refractivity contribution >= 4 is 52.3 Å². The number of ether oxygens (including phenoxy) is 1. The molecule has 0 aliphatic carbocycles. The van der Waals surface area contributed by atoms with Gasteiger partial charge in [0.25, 0.3) is 0 Å². The number of carbonyl (C=O) groups excluding carboxylic acids is 2. The Hall–Kier alpha value is -4.47. The molecule has 2 aliphatic rings. The monoisotopic (exact) mass is 657 g/mol. The van der Waals surface area contributed by atoms with Gasteiger partial charge in [0.2, 0.25) is 5.91 Å². The lowest BCUT2D eigenvalue weighted by Gasteiger charge is -2.25. The molecule has 2 aliphatic heterocycles. The molecule has 0 bridgehead atoms. The van der Waals surface area contributed by atoms with Gasteiger partial charge < -0.3 is 10.1 Å². The first-order chi connectivity index (χ1) is 21.9. The molecule has 10 nitrogen and oxygen atoms in total. The van der Waals surface area contributed by atoms with Crippen molar-refractivity contribution < 1.29 is 31.9 Å². The van der Waals surface area contributed by atoms with Crippen molar-refractivity contribution in [1.82, 2.24) is 10.3 Å². The number of hydrogen-bond acceptors (Lipinski definition) is 8. The molecule has 0 saturated carbocycles. The van der Waals surface area contributed by atoms with E-state index in [4.69, 9.17) is 0 Å². The fourth-order valence-corrected chi connectivity index (χ4v) is 5.75. The zero-order valence-electron chi connectivity index (χ0n) is 25.1. The maximum Gasteiger partial charge on any atom is 0.573 e. The molecule has 1 saturated heterocycles. The largest absolute Gasteiger partial charge is 0.573 e. The first kappa shape index (κ1) is 32.9. The average molecular weight is 658 g/mol. The van der Waals surface area contributed by atoms with E-state index in [0.717, 1.165) is 35.7 Å². The number of thioether (sulfide) groups is 1. The highest BCUT2D eigenvalue weighted by molar-refractivity contribution is 8.15. The molecule has 242 valence electrons. The normalized spacial score (nSPS) is 17.4. The molecule has 1 fully saturated rings. The quantitative estimate of drug-likeness (QED) is 0.256. The van der Waals surface area contributed by atoms with Crippen LogP contribution in [0.15, 0.2) is 70.6 Å². The maximum atomic E-state index is 15.1. The summed E-state index contributed by atoms with van der Waals surface area (Å²) in [6, 6.07) is 14.7. The van der Waals surface area contributed by atoms with E-state index < -0.39 is 24.5 Å². The number of nitrogens with zero attached hydrogens (tertiary/aromatic N) is 5. The van der Waals surface area contributed by atoms with E-state index in [1.807, 2.05) is 32.0 Å². The first-order valence-corrected chi connectivity index (χ1v) is 15.3. The zero-order chi connectivity index (χ0) is 33.0. The lowest BCUT2D eigenvalue weighted by atomic mass is 10.0. The summed E-state index contributed by atoms with van der Waals surface area (Å²) in [5.74, 6) is -1.05. The van der Waals surface area contributed by atoms with E-state index in [1.54, 1.807) is 23.0 Å². The molecule has 2 heterocycles. The molecule has 5 rings (SSSR count). The number of amides is 3. The van der Waals surface area contributed by atoms with Crippen molar-refractivity contribution in [2.24, 2.45) is 9.98 Å². The Balaban J connectivity index is 1.19. The van der Waals surface area contributed by atoms with Crippen LogP contribution in [-0.4, -0.2) is 53.8 Å². The summed E-state index contributed by atoms with van der Waals surface area (Å²) >= 11 is 1.15. The number of amidine groups is 1. The average Bonchev–Trinajstić information content (AvgIpc) is 3.62. The van der Waals surface area contributed by atoms with Gasteiger partial charge in [-0.1, -0.05) is 43.3 Å². The number of benzene rings is 3. The SMILES string of the molecule is CCCc1ccc(C)cc1N1C(=O)CS/C1=N\C(=O)Nc1ccc(CN(C)C2N=CN(c3ccc(OC(F)(F)F)cc3)N2)cc1F. The molecule has 3 aromatic rings. The summed E-state index contributed by atoms with van der Waals surface area (Å²) in [6.45, 7) is 4.25. The van der Waals surface area contributed by atoms with E-state index >= 15 is 4.39 Å². The van der Waals surface area contributed by atoms with Gasteiger partial charge in [0.1, 0.15) is 17.9 Å². The highest BCUT2D eigenvalue weighted by Gasteiger charge is 2.33. The van der Waals surface area contributed by atoms with Crippen LogP contribution in [0.25, 0.3) is 0 Å². The fraction of sp³-hybridized carbons (Fsp3) is 0.290. The number of aryl methyl sites for hydroxylation is 2. The van der Waals surface area contributed by atoms with Crippen LogP contribution in [-0.2, 0) is 17.8 Å². The number of urea groups is 1. The van der Waals surface area contributed by atoms with Crippen molar-refractivity contribution in [3.05, 3.63) is 83.2 Å². The van der Waals surface area contributed by atoms with Crippen molar-refractivity contribution in [2.45, 2.75) is 45.9 Å². The van der Waals surface area contributed by atoms with Crippen LogP contribution in [0.3, 0.4) is 0 Å². The molecule has 1 unspecified atom stereocenters. The number of nitrogens with one attached hydrogen (secondary N) is 2. The lowest BCUT2D eigenvalue weighted by Crippen LogP contribution is -2.45. The summed E-state index contributed by atoms with van der Waals surface area (Å²) in [7, 11) is 1.76. The van der Waals surface area contributed by atoms with Gasteiger partial charge in [-0.15, -0.1) is 13.2 Å². The number of hydrogen-bond donors (Lipinski definition) is 2. The summed E-state index contributed by atoms with van der Waals surface area (Å²) in [4.78, 5) is 37.3. The second-order valence-electron chi connectivity index (χ2n) is 10.6. The minimum absolute atomic E-state index is 0.0648. The van der Waals surface area contributed by atoms with E-state index in [-0.39, 0.29) is 34.8 Å². The Bertz CT molecular complexity index is 1670. The molecule has 3 amide bonds. The van der Waals surface area contributed by atoms with Gasteiger partial charge in [0, 0.05) is 6.54 Å². The predicted molar refractivity (Wildman–Crippen MR) is 170 cm³/mol. The third-order valence-electron chi connectivity index (χ3n) is 7.01. The van der Waals surface area contributed by atoms with Crippen LogP contribution in [0.5, 0.6) is 5.75 Å². The van der Waals surface area contributed by atoms with E-state index in [9.17, 15) is 22.8 Å². The molecule has 0 aromatic heterocycles. The molecular weight excluding hydrogens is 626 g/mol. The van der Waals surface area contributed by atoms with Gasteiger partial charge in [-0.3, -0.25) is 19.6 Å². The molecule has 2 N–H and O–H groups in total. The Labute approximate surface area is 267 Å². The van der Waals surface area contributed by atoms with Crippen LogP contribution >= 0.6 is 11.8 Å². The molecule has 15 heteroatoms. The summed E-state index contributed by atoms with van der Waals surface area (Å²) in [5, 5.41) is 4.24. The Morgan fingerprint density at radius 1 is 1.17 bits per heavy atom. The van der Waals surface area contributed by atoms with Crippen molar-refractivity contribution in [2.75, 3.05) is 28.0 Å². The molecule has 0 spiro atoms. The summed E-state index contributed by atoms with van der Waals surface area (Å²) in [6.07, 6.45) is -2.18. The van der Waals surface area contributed by atoms with E-state index in [0.29, 0.717) is 16.9 Å². The van der Waals surface area contributed by atoms with Gasteiger partial charge in [-0.05, 0) is 79.5 Å². The van der Waals surface area contributed by atoms with Crippen LogP contribution in [0.2, 0.25) is 0 Å². The standard InChI is InChI=1S/C31H31F4N7O3S/c1-4-5-21-8-6-19(2)14-26(21)42-27(43)17-46-30(42)38-29(44)37-25-13-7-20(15-24(25)32)16-40(3)28-36-18-41(39-28)22-9-11-23(12-10-22)45-31(33,34)35/h6-15,18,28,39H,4-5,16-17H2,1-3H3,(H,37,44)/b38-30-. The van der Waals surface area contributed by atoms with Gasteiger partial charge in [0.15, 0.2) is 11.5 Å². The minimum Gasteiger partial charge on any atom is -0.406 e. The number of aliphatic imine (C=N–C) groups is 2. The Morgan fingerprint density at radius 2 is 1.93 bits per heavy atom. The second kappa shape index (κ2) is 13.9. The topological polar surface area (TPSA) is 102 Å². The van der Waals surface area contributed by atoms with Crippen molar-refractivity contribution in [3.63, 3.8) is 0 Å². The Morgan fingerprint density at radius 3 is 2.63 bits per heavy atom. The van der Waals surface area contributed by atoms with Gasteiger partial charge in [-0.2, -0.15) is 10.4 Å². The number of rotatable bonds is 9. The highest BCUT2D eigenvalue weighted by atomic mass is 32.2.